The summed E-state index contributed by atoms with van der Waals surface area (Å²) < 4.78 is 44.8. The van der Waals surface area contributed by atoms with E-state index in [2.05, 4.69) is 20.2 Å². The van der Waals surface area contributed by atoms with Crippen LogP contribution in [0.2, 0.25) is 0 Å². The normalized spacial score (nSPS) is 14.0. The molecule has 0 atom stereocenters. The molecule has 3 N–H and O–H groups in total. The Balaban J connectivity index is 1.78. The van der Waals surface area contributed by atoms with Gasteiger partial charge in [-0.05, 0) is 48.9 Å². The summed E-state index contributed by atoms with van der Waals surface area (Å²) in [5.74, 6) is -0.616. The quantitative estimate of drug-likeness (QED) is 0.429. The molecule has 4 rings (SSSR count). The number of anilines is 3. The van der Waals surface area contributed by atoms with E-state index in [4.69, 9.17) is 10.1 Å². The van der Waals surface area contributed by atoms with Gasteiger partial charge in [-0.2, -0.15) is 13.2 Å². The lowest BCUT2D eigenvalue weighted by molar-refractivity contribution is -0.137. The van der Waals surface area contributed by atoms with Gasteiger partial charge in [-0.15, -0.1) is 0 Å². The molecular weight excluding hydrogens is 463 g/mol. The zero-order chi connectivity index (χ0) is 25.2. The second kappa shape index (κ2) is 9.71. The molecule has 0 amide bonds. The average molecular weight is 485 g/mol. The van der Waals surface area contributed by atoms with Gasteiger partial charge in [0.25, 0.3) is 0 Å². The van der Waals surface area contributed by atoms with E-state index in [1.807, 2.05) is 0 Å². The highest BCUT2D eigenvalue weighted by atomic mass is 19.4. The first-order valence-corrected chi connectivity index (χ1v) is 10.7. The maximum atomic E-state index is 13.2. The number of hydrogen-bond acceptors (Lipinski definition) is 7. The largest absolute Gasteiger partial charge is 0.477 e. The van der Waals surface area contributed by atoms with E-state index < -0.39 is 17.7 Å². The molecule has 182 valence electrons. The number of carboxylic acids is 1. The Morgan fingerprint density at radius 2 is 1.91 bits per heavy atom. The van der Waals surface area contributed by atoms with Crippen LogP contribution in [0.1, 0.15) is 28.5 Å². The van der Waals surface area contributed by atoms with E-state index in [1.165, 1.54) is 25.1 Å². The Morgan fingerprint density at radius 3 is 2.51 bits per heavy atom. The third-order valence-corrected chi connectivity index (χ3v) is 5.46. The van der Waals surface area contributed by atoms with E-state index in [0.29, 0.717) is 37.4 Å². The van der Waals surface area contributed by atoms with Gasteiger partial charge in [-0.3, -0.25) is 0 Å². The number of morpholine rings is 1. The Hall–Kier alpha value is -3.99. The van der Waals surface area contributed by atoms with Crippen molar-refractivity contribution in [3.05, 3.63) is 65.5 Å². The number of rotatable bonds is 6. The number of hydrogen-bond donors (Lipinski definition) is 3. The average Bonchev–Trinajstić information content (AvgIpc) is 2.83. The Bertz CT molecular complexity index is 1260. The molecule has 0 unspecified atom stereocenters. The third-order valence-electron chi connectivity index (χ3n) is 5.46. The molecule has 1 aliphatic heterocycles. The first-order chi connectivity index (χ1) is 16.6. The standard InChI is InChI=1S/C24H22F3N5O3/c1-14(28)21-18(15-5-6-20(29-13-15)32-7-9-35-10-8-32)12-19(23(33)34)31-22(21)30-17-4-2-3-16(11-17)24(25,26)27/h2-6,11-13,28H,7-10H2,1H3,(H,30,31)(H,33,34). The molecule has 2 aromatic heterocycles. The third kappa shape index (κ3) is 5.40. The summed E-state index contributed by atoms with van der Waals surface area (Å²) in [6, 6.07) is 9.37. The van der Waals surface area contributed by atoms with E-state index >= 15 is 0 Å². The van der Waals surface area contributed by atoms with Crippen LogP contribution < -0.4 is 10.2 Å². The monoisotopic (exact) mass is 485 g/mol. The van der Waals surface area contributed by atoms with Crippen LogP contribution in [-0.4, -0.2) is 53.1 Å². The van der Waals surface area contributed by atoms with Gasteiger partial charge in [-0.25, -0.2) is 14.8 Å². The van der Waals surface area contributed by atoms with Crippen LogP contribution in [0.15, 0.2) is 48.7 Å². The number of alkyl halides is 3. The van der Waals surface area contributed by atoms with Crippen LogP contribution in [0.25, 0.3) is 11.1 Å². The summed E-state index contributed by atoms with van der Waals surface area (Å²) in [5, 5.41) is 20.7. The Labute approximate surface area is 198 Å². The number of carbonyl (C=O) groups is 1. The minimum absolute atomic E-state index is 0.0380. The van der Waals surface area contributed by atoms with Gasteiger partial charge in [0.2, 0.25) is 0 Å². The van der Waals surface area contributed by atoms with E-state index in [1.54, 1.807) is 18.3 Å². The predicted molar refractivity (Wildman–Crippen MR) is 125 cm³/mol. The van der Waals surface area contributed by atoms with Crippen LogP contribution in [0.5, 0.6) is 0 Å². The molecule has 1 aromatic carbocycles. The van der Waals surface area contributed by atoms with Crippen molar-refractivity contribution in [1.82, 2.24) is 9.97 Å². The fourth-order valence-corrected chi connectivity index (χ4v) is 3.79. The molecule has 0 saturated carbocycles. The van der Waals surface area contributed by atoms with Crippen molar-refractivity contribution in [2.75, 3.05) is 36.5 Å². The SMILES string of the molecule is CC(=N)c1c(-c2ccc(N3CCOCC3)nc2)cc(C(=O)O)nc1Nc1cccc(C(F)(F)F)c1. The summed E-state index contributed by atoms with van der Waals surface area (Å²) in [5.41, 5.74) is 0.0967. The fourth-order valence-electron chi connectivity index (χ4n) is 3.79. The predicted octanol–water partition coefficient (Wildman–Crippen LogP) is 4.83. The first kappa shape index (κ1) is 24.1. The minimum atomic E-state index is -4.55. The molecule has 11 heteroatoms. The van der Waals surface area contributed by atoms with Crippen molar-refractivity contribution in [2.45, 2.75) is 13.1 Å². The first-order valence-electron chi connectivity index (χ1n) is 10.7. The van der Waals surface area contributed by atoms with Crippen molar-refractivity contribution < 1.29 is 27.8 Å². The lowest BCUT2D eigenvalue weighted by Crippen LogP contribution is -2.36. The number of ether oxygens (including phenoxy) is 1. The number of nitrogens with zero attached hydrogens (tertiary/aromatic N) is 3. The molecule has 8 nitrogen and oxygen atoms in total. The summed E-state index contributed by atoms with van der Waals surface area (Å²) in [6.45, 7) is 4.07. The van der Waals surface area contributed by atoms with Gasteiger partial charge in [0.05, 0.1) is 18.8 Å². The van der Waals surface area contributed by atoms with Gasteiger partial charge in [0.15, 0.2) is 5.69 Å². The molecule has 3 heterocycles. The smallest absolute Gasteiger partial charge is 0.416 e. The molecule has 35 heavy (non-hydrogen) atoms. The maximum Gasteiger partial charge on any atom is 0.416 e. The molecule has 0 bridgehead atoms. The molecule has 1 saturated heterocycles. The van der Waals surface area contributed by atoms with Crippen LogP contribution in [0.3, 0.4) is 0 Å². The second-order valence-corrected chi connectivity index (χ2v) is 7.92. The topological polar surface area (TPSA) is 111 Å². The van der Waals surface area contributed by atoms with Crippen molar-refractivity contribution in [1.29, 1.82) is 5.41 Å². The fraction of sp³-hybridized carbons (Fsp3) is 0.250. The van der Waals surface area contributed by atoms with Crippen LogP contribution >= 0.6 is 0 Å². The second-order valence-electron chi connectivity index (χ2n) is 7.92. The number of aromatic nitrogens is 2. The van der Waals surface area contributed by atoms with Crippen molar-refractivity contribution in [3.63, 3.8) is 0 Å². The van der Waals surface area contributed by atoms with Crippen LogP contribution in [0.4, 0.5) is 30.5 Å². The molecule has 1 aliphatic rings. The number of benzene rings is 1. The number of nitrogens with one attached hydrogen (secondary N) is 2. The van der Waals surface area contributed by atoms with Gasteiger partial charge in [0.1, 0.15) is 11.6 Å². The zero-order valence-electron chi connectivity index (χ0n) is 18.7. The molecule has 3 aromatic rings. The summed E-state index contributed by atoms with van der Waals surface area (Å²) in [7, 11) is 0. The van der Waals surface area contributed by atoms with Crippen molar-refractivity contribution in [3.8, 4) is 11.1 Å². The number of aromatic carboxylic acids is 1. The van der Waals surface area contributed by atoms with Crippen LogP contribution in [-0.2, 0) is 10.9 Å². The van der Waals surface area contributed by atoms with Gasteiger partial charge in [0, 0.05) is 41.8 Å². The lowest BCUT2D eigenvalue weighted by Gasteiger charge is -2.27. The Morgan fingerprint density at radius 1 is 1.17 bits per heavy atom. The van der Waals surface area contributed by atoms with Crippen molar-refractivity contribution in [2.24, 2.45) is 0 Å². The molecular formula is C24H22F3N5O3. The van der Waals surface area contributed by atoms with Crippen LogP contribution in [0, 0.1) is 5.41 Å². The van der Waals surface area contributed by atoms with Gasteiger partial charge in [-0.1, -0.05) is 6.07 Å². The lowest BCUT2D eigenvalue weighted by atomic mass is 9.97. The molecule has 1 fully saturated rings. The molecule has 0 radical (unpaired) electrons. The van der Waals surface area contributed by atoms with E-state index in [9.17, 15) is 23.1 Å². The van der Waals surface area contributed by atoms with E-state index in [-0.39, 0.29) is 28.5 Å². The minimum Gasteiger partial charge on any atom is -0.477 e. The maximum absolute atomic E-state index is 13.2. The highest BCUT2D eigenvalue weighted by Gasteiger charge is 2.30. The summed E-state index contributed by atoms with van der Waals surface area (Å²) >= 11 is 0. The summed E-state index contributed by atoms with van der Waals surface area (Å²) in [6.07, 6.45) is -2.97. The van der Waals surface area contributed by atoms with Crippen molar-refractivity contribution >= 4 is 29.0 Å². The Kier molecular flexibility index (Phi) is 6.70. The van der Waals surface area contributed by atoms with Gasteiger partial charge < -0.3 is 25.5 Å². The number of carboxylic acid groups (broad SMARTS) is 1. The van der Waals surface area contributed by atoms with E-state index in [0.717, 1.165) is 18.0 Å². The number of pyridine rings is 2. The molecule has 0 aliphatic carbocycles. The van der Waals surface area contributed by atoms with Gasteiger partial charge >= 0.3 is 12.1 Å². The highest BCUT2D eigenvalue weighted by molar-refractivity contribution is 6.08. The number of halogens is 3. The zero-order valence-corrected chi connectivity index (χ0v) is 18.7. The summed E-state index contributed by atoms with van der Waals surface area (Å²) in [4.78, 5) is 22.4. The molecule has 0 spiro atoms. The highest BCUT2D eigenvalue weighted by Crippen LogP contribution is 2.34.